The lowest BCUT2D eigenvalue weighted by Gasteiger charge is -2.05. The first kappa shape index (κ1) is 13.8. The third-order valence-corrected chi connectivity index (χ3v) is 3.34. The third-order valence-electron chi connectivity index (χ3n) is 3.34. The van der Waals surface area contributed by atoms with Crippen molar-refractivity contribution in [3.63, 3.8) is 0 Å². The molecule has 0 unspecified atom stereocenters. The predicted octanol–water partition coefficient (Wildman–Crippen LogP) is 2.85. The highest BCUT2D eigenvalue weighted by molar-refractivity contribution is 5.92. The Morgan fingerprint density at radius 2 is 1.55 bits per heavy atom. The summed E-state index contributed by atoms with van der Waals surface area (Å²) in [7, 11) is 1.63. The van der Waals surface area contributed by atoms with E-state index in [-0.39, 0.29) is 5.69 Å². The Morgan fingerprint density at radius 1 is 1.00 bits per heavy atom. The number of hydrogen-bond donors (Lipinski definition) is 2. The summed E-state index contributed by atoms with van der Waals surface area (Å²) in [4.78, 5) is 11.1. The minimum absolute atomic E-state index is 0.0165. The number of benzene rings is 2. The van der Waals surface area contributed by atoms with Gasteiger partial charge in [-0.3, -0.25) is 5.10 Å². The van der Waals surface area contributed by atoms with Crippen molar-refractivity contribution in [2.24, 2.45) is 0 Å². The van der Waals surface area contributed by atoms with Crippen molar-refractivity contribution in [1.82, 2.24) is 15.4 Å². The van der Waals surface area contributed by atoms with Crippen LogP contribution in [0.25, 0.3) is 22.4 Å². The SMILES string of the molecule is COc1ccc(-c2ccc(-c3nn[nH]c3C(=O)O)cc2)cc1. The van der Waals surface area contributed by atoms with Gasteiger partial charge in [-0.25, -0.2) is 4.79 Å². The van der Waals surface area contributed by atoms with E-state index in [0.717, 1.165) is 16.9 Å². The van der Waals surface area contributed by atoms with E-state index in [1.807, 2.05) is 48.5 Å². The molecule has 0 aliphatic heterocycles. The average molecular weight is 295 g/mol. The Kier molecular flexibility index (Phi) is 3.57. The van der Waals surface area contributed by atoms with Gasteiger partial charge in [-0.05, 0) is 23.3 Å². The van der Waals surface area contributed by atoms with Crippen molar-refractivity contribution in [2.45, 2.75) is 0 Å². The quantitative estimate of drug-likeness (QED) is 0.772. The summed E-state index contributed by atoms with van der Waals surface area (Å²) >= 11 is 0. The van der Waals surface area contributed by atoms with Crippen molar-refractivity contribution in [1.29, 1.82) is 0 Å². The number of rotatable bonds is 4. The van der Waals surface area contributed by atoms with Gasteiger partial charge in [-0.15, -0.1) is 5.10 Å². The first-order valence-electron chi connectivity index (χ1n) is 6.58. The van der Waals surface area contributed by atoms with E-state index >= 15 is 0 Å². The molecule has 0 aliphatic carbocycles. The van der Waals surface area contributed by atoms with Crippen LogP contribution in [0.4, 0.5) is 0 Å². The maximum Gasteiger partial charge on any atom is 0.356 e. The number of carboxylic acid groups (broad SMARTS) is 1. The average Bonchev–Trinajstić information content (AvgIpc) is 3.05. The number of carbonyl (C=O) groups is 1. The normalized spacial score (nSPS) is 10.4. The predicted molar refractivity (Wildman–Crippen MR) is 80.8 cm³/mol. The largest absolute Gasteiger partial charge is 0.497 e. The lowest BCUT2D eigenvalue weighted by Crippen LogP contribution is -1.99. The van der Waals surface area contributed by atoms with Crippen molar-refractivity contribution in [2.75, 3.05) is 7.11 Å². The van der Waals surface area contributed by atoms with Gasteiger partial charge in [-0.1, -0.05) is 41.6 Å². The van der Waals surface area contributed by atoms with Crippen LogP contribution < -0.4 is 4.74 Å². The summed E-state index contributed by atoms with van der Waals surface area (Å²) in [6, 6.07) is 15.2. The van der Waals surface area contributed by atoms with Crippen LogP contribution in [0, 0.1) is 0 Å². The zero-order chi connectivity index (χ0) is 15.5. The molecule has 6 heteroatoms. The van der Waals surface area contributed by atoms with E-state index < -0.39 is 5.97 Å². The van der Waals surface area contributed by atoms with Gasteiger partial charge in [0, 0.05) is 5.56 Å². The van der Waals surface area contributed by atoms with E-state index in [9.17, 15) is 4.79 Å². The monoisotopic (exact) mass is 295 g/mol. The number of aromatic carboxylic acids is 1. The molecule has 2 N–H and O–H groups in total. The van der Waals surface area contributed by atoms with Crippen LogP contribution in [0.3, 0.4) is 0 Å². The molecule has 0 fully saturated rings. The summed E-state index contributed by atoms with van der Waals surface area (Å²) in [5.74, 6) is -0.284. The van der Waals surface area contributed by atoms with Crippen LogP contribution in [0.1, 0.15) is 10.5 Å². The van der Waals surface area contributed by atoms with Gasteiger partial charge in [0.15, 0.2) is 5.69 Å². The maximum atomic E-state index is 11.1. The molecule has 0 saturated heterocycles. The molecule has 3 rings (SSSR count). The molecule has 1 heterocycles. The Labute approximate surface area is 126 Å². The number of ether oxygens (including phenoxy) is 1. The molecular formula is C16H13N3O3. The summed E-state index contributed by atoms with van der Waals surface area (Å²) in [5.41, 5.74) is 3.08. The highest BCUT2D eigenvalue weighted by Crippen LogP contribution is 2.26. The third kappa shape index (κ3) is 2.54. The van der Waals surface area contributed by atoms with E-state index in [4.69, 9.17) is 9.84 Å². The second-order valence-electron chi connectivity index (χ2n) is 4.65. The van der Waals surface area contributed by atoms with Gasteiger partial charge in [-0.2, -0.15) is 0 Å². The molecule has 3 aromatic rings. The van der Waals surface area contributed by atoms with Crippen LogP contribution in [0.15, 0.2) is 48.5 Å². The van der Waals surface area contributed by atoms with E-state index in [1.54, 1.807) is 7.11 Å². The molecule has 0 atom stereocenters. The molecule has 6 nitrogen and oxygen atoms in total. The van der Waals surface area contributed by atoms with E-state index in [2.05, 4.69) is 15.4 Å². The van der Waals surface area contributed by atoms with Crippen LogP contribution >= 0.6 is 0 Å². The lowest BCUT2D eigenvalue weighted by molar-refractivity contribution is 0.0691. The smallest absolute Gasteiger partial charge is 0.356 e. The molecule has 110 valence electrons. The first-order valence-corrected chi connectivity index (χ1v) is 6.58. The molecule has 0 amide bonds. The number of aromatic nitrogens is 3. The minimum Gasteiger partial charge on any atom is -0.497 e. The fourth-order valence-electron chi connectivity index (χ4n) is 2.18. The Morgan fingerprint density at radius 3 is 2.09 bits per heavy atom. The molecular weight excluding hydrogens is 282 g/mol. The van der Waals surface area contributed by atoms with Gasteiger partial charge < -0.3 is 9.84 Å². The van der Waals surface area contributed by atoms with Crippen molar-refractivity contribution in [3.05, 3.63) is 54.2 Å². The number of H-pyrrole nitrogens is 1. The number of hydrogen-bond acceptors (Lipinski definition) is 4. The van der Waals surface area contributed by atoms with Crippen LogP contribution in [-0.2, 0) is 0 Å². The zero-order valence-corrected chi connectivity index (χ0v) is 11.8. The first-order chi connectivity index (χ1) is 10.7. The van der Waals surface area contributed by atoms with Gasteiger partial charge >= 0.3 is 5.97 Å². The fraction of sp³-hybridized carbons (Fsp3) is 0.0625. The van der Waals surface area contributed by atoms with Gasteiger partial charge in [0.05, 0.1) is 7.11 Å². The molecule has 22 heavy (non-hydrogen) atoms. The van der Waals surface area contributed by atoms with E-state index in [0.29, 0.717) is 11.3 Å². The Balaban J connectivity index is 1.92. The van der Waals surface area contributed by atoms with Crippen molar-refractivity contribution in [3.8, 4) is 28.1 Å². The lowest BCUT2D eigenvalue weighted by atomic mass is 10.0. The highest BCUT2D eigenvalue weighted by Gasteiger charge is 2.15. The highest BCUT2D eigenvalue weighted by atomic mass is 16.5. The molecule has 0 spiro atoms. The molecule has 0 bridgehead atoms. The van der Waals surface area contributed by atoms with Crippen LogP contribution in [-0.4, -0.2) is 33.6 Å². The number of nitrogens with zero attached hydrogens (tertiary/aromatic N) is 2. The molecule has 1 aromatic heterocycles. The molecule has 0 radical (unpaired) electrons. The minimum atomic E-state index is -1.08. The van der Waals surface area contributed by atoms with Crippen molar-refractivity contribution < 1.29 is 14.6 Å². The Hall–Kier alpha value is -3.15. The second kappa shape index (κ2) is 5.69. The fourth-order valence-corrected chi connectivity index (χ4v) is 2.18. The topological polar surface area (TPSA) is 88.1 Å². The molecule has 0 saturated carbocycles. The standard InChI is InChI=1S/C16H13N3O3/c1-22-13-8-6-11(7-9-13)10-2-4-12(5-3-10)14-15(16(20)21)18-19-17-14/h2-9H,1H3,(H,20,21)(H,17,18,19). The molecule has 2 aromatic carbocycles. The Bertz CT molecular complexity index is 792. The number of nitrogens with one attached hydrogen (secondary N) is 1. The summed E-state index contributed by atoms with van der Waals surface area (Å²) in [5, 5.41) is 18.8. The number of aromatic amines is 1. The zero-order valence-electron chi connectivity index (χ0n) is 11.8. The van der Waals surface area contributed by atoms with Crippen LogP contribution in [0.2, 0.25) is 0 Å². The number of methoxy groups -OCH3 is 1. The van der Waals surface area contributed by atoms with E-state index in [1.165, 1.54) is 0 Å². The van der Waals surface area contributed by atoms with Crippen molar-refractivity contribution >= 4 is 5.97 Å². The second-order valence-corrected chi connectivity index (χ2v) is 4.65. The van der Waals surface area contributed by atoms with Crippen LogP contribution in [0.5, 0.6) is 5.75 Å². The molecule has 0 aliphatic rings. The summed E-state index contributed by atoms with van der Waals surface area (Å²) in [6.45, 7) is 0. The summed E-state index contributed by atoms with van der Waals surface area (Å²) in [6.07, 6.45) is 0. The maximum absolute atomic E-state index is 11.1. The van der Waals surface area contributed by atoms with Gasteiger partial charge in [0.25, 0.3) is 0 Å². The van der Waals surface area contributed by atoms with Gasteiger partial charge in [0.2, 0.25) is 0 Å². The van der Waals surface area contributed by atoms with Gasteiger partial charge in [0.1, 0.15) is 11.4 Å². The summed E-state index contributed by atoms with van der Waals surface area (Å²) < 4.78 is 5.13. The number of carboxylic acids is 1.